The van der Waals surface area contributed by atoms with Crippen LogP contribution in [-0.4, -0.2) is 35.2 Å². The molecular formula is C20H25N3O6. The Morgan fingerprint density at radius 1 is 1.17 bits per heavy atom. The lowest BCUT2D eigenvalue weighted by Gasteiger charge is -2.13. The van der Waals surface area contributed by atoms with Crippen molar-refractivity contribution in [3.05, 3.63) is 62.1 Å². The topological polar surface area (TPSA) is 113 Å². The summed E-state index contributed by atoms with van der Waals surface area (Å²) in [5.74, 6) is 0.919. The third-order valence-electron chi connectivity index (χ3n) is 4.12. The van der Waals surface area contributed by atoms with Crippen LogP contribution in [0.15, 0.2) is 35.3 Å². The van der Waals surface area contributed by atoms with Crippen molar-refractivity contribution in [3.63, 3.8) is 0 Å². The molecule has 1 heterocycles. The second-order valence-corrected chi connectivity index (χ2v) is 6.32. The van der Waals surface area contributed by atoms with Crippen LogP contribution in [0.25, 0.3) is 0 Å². The summed E-state index contributed by atoms with van der Waals surface area (Å²) in [4.78, 5) is 34.6. The van der Waals surface area contributed by atoms with E-state index in [2.05, 4.69) is 5.32 Å². The molecule has 0 bridgehead atoms. The minimum Gasteiger partial charge on any atom is -0.490 e. The molecular weight excluding hydrogens is 378 g/mol. The zero-order chi connectivity index (χ0) is 21.4. The zero-order valence-electron chi connectivity index (χ0n) is 16.8. The SMILES string of the molecule is CCOc1ccc(CCNC(=O)Cn2cc([N+](=O)[O-])cc(C)c2=O)cc1OCC. The maximum absolute atomic E-state index is 12.2. The van der Waals surface area contributed by atoms with Crippen LogP contribution < -0.4 is 20.3 Å². The van der Waals surface area contributed by atoms with Gasteiger partial charge in [0, 0.05) is 18.2 Å². The van der Waals surface area contributed by atoms with Gasteiger partial charge in [-0.05, 0) is 44.9 Å². The average Bonchev–Trinajstić information content (AvgIpc) is 2.67. The highest BCUT2D eigenvalue weighted by atomic mass is 16.6. The molecule has 1 N–H and O–H groups in total. The molecule has 1 aromatic carbocycles. The number of amides is 1. The molecule has 156 valence electrons. The number of nitrogens with one attached hydrogen (secondary N) is 1. The van der Waals surface area contributed by atoms with Crippen molar-refractivity contribution in [2.45, 2.75) is 33.7 Å². The molecule has 2 rings (SSSR count). The van der Waals surface area contributed by atoms with Crippen molar-refractivity contribution in [1.29, 1.82) is 0 Å². The maximum atomic E-state index is 12.2. The number of nitro groups is 1. The van der Waals surface area contributed by atoms with Crippen molar-refractivity contribution in [3.8, 4) is 11.5 Å². The fraction of sp³-hybridized carbons (Fsp3) is 0.400. The Hall–Kier alpha value is -3.36. The van der Waals surface area contributed by atoms with Gasteiger partial charge in [0.1, 0.15) is 6.54 Å². The summed E-state index contributed by atoms with van der Waals surface area (Å²) in [6.07, 6.45) is 1.64. The third kappa shape index (κ3) is 6.06. The molecule has 0 fully saturated rings. The van der Waals surface area contributed by atoms with E-state index in [0.717, 1.165) is 16.3 Å². The molecule has 9 nitrogen and oxygen atoms in total. The largest absolute Gasteiger partial charge is 0.490 e. The van der Waals surface area contributed by atoms with Crippen LogP contribution >= 0.6 is 0 Å². The van der Waals surface area contributed by atoms with Crippen LogP contribution in [0.5, 0.6) is 11.5 Å². The van der Waals surface area contributed by atoms with Crippen molar-refractivity contribution in [1.82, 2.24) is 9.88 Å². The van der Waals surface area contributed by atoms with Gasteiger partial charge in [-0.2, -0.15) is 0 Å². The Balaban J connectivity index is 1.98. The van der Waals surface area contributed by atoms with Crippen molar-refractivity contribution < 1.29 is 19.2 Å². The van der Waals surface area contributed by atoms with Crippen LogP contribution in [0.3, 0.4) is 0 Å². The molecule has 0 radical (unpaired) electrons. The number of benzene rings is 1. The molecule has 0 saturated heterocycles. The molecule has 0 unspecified atom stereocenters. The van der Waals surface area contributed by atoms with E-state index in [0.29, 0.717) is 37.7 Å². The fourth-order valence-corrected chi connectivity index (χ4v) is 2.79. The molecule has 0 aliphatic carbocycles. The minimum atomic E-state index is -0.595. The van der Waals surface area contributed by atoms with E-state index in [-0.39, 0.29) is 17.8 Å². The number of pyridine rings is 1. The molecule has 0 aliphatic heterocycles. The quantitative estimate of drug-likeness (QED) is 0.481. The summed E-state index contributed by atoms with van der Waals surface area (Å²) in [5, 5.41) is 13.7. The van der Waals surface area contributed by atoms with E-state index in [1.54, 1.807) is 0 Å². The van der Waals surface area contributed by atoms with Crippen LogP contribution in [-0.2, 0) is 17.8 Å². The third-order valence-corrected chi connectivity index (χ3v) is 4.12. The number of carbonyl (C=O) groups excluding carboxylic acids is 1. The Bertz CT molecular complexity index is 938. The van der Waals surface area contributed by atoms with E-state index in [4.69, 9.17) is 9.47 Å². The fourth-order valence-electron chi connectivity index (χ4n) is 2.79. The number of aryl methyl sites for hydroxylation is 1. The number of carbonyl (C=O) groups is 1. The first-order valence-electron chi connectivity index (χ1n) is 9.36. The van der Waals surface area contributed by atoms with E-state index < -0.39 is 16.4 Å². The minimum absolute atomic E-state index is 0.213. The van der Waals surface area contributed by atoms with Gasteiger partial charge in [0.05, 0.1) is 24.3 Å². The molecule has 0 spiro atoms. The van der Waals surface area contributed by atoms with Crippen LogP contribution in [0.4, 0.5) is 5.69 Å². The molecule has 2 aromatic rings. The van der Waals surface area contributed by atoms with E-state index in [1.807, 2.05) is 32.0 Å². The highest BCUT2D eigenvalue weighted by Gasteiger charge is 2.13. The number of hydrogen-bond acceptors (Lipinski definition) is 6. The van der Waals surface area contributed by atoms with Gasteiger partial charge < -0.3 is 14.8 Å². The molecule has 9 heteroatoms. The van der Waals surface area contributed by atoms with Gasteiger partial charge in [0.25, 0.3) is 11.2 Å². The first-order chi connectivity index (χ1) is 13.8. The lowest BCUT2D eigenvalue weighted by molar-refractivity contribution is -0.385. The number of ether oxygens (including phenoxy) is 2. The molecule has 0 atom stereocenters. The van der Waals surface area contributed by atoms with Crippen molar-refractivity contribution in [2.75, 3.05) is 19.8 Å². The highest BCUT2D eigenvalue weighted by Crippen LogP contribution is 2.28. The van der Waals surface area contributed by atoms with Gasteiger partial charge in [-0.3, -0.25) is 24.3 Å². The predicted molar refractivity (Wildman–Crippen MR) is 108 cm³/mol. The van der Waals surface area contributed by atoms with Gasteiger partial charge in [-0.15, -0.1) is 0 Å². The van der Waals surface area contributed by atoms with Crippen LogP contribution in [0, 0.1) is 17.0 Å². The smallest absolute Gasteiger partial charge is 0.286 e. The van der Waals surface area contributed by atoms with E-state index in [9.17, 15) is 19.7 Å². The van der Waals surface area contributed by atoms with Crippen molar-refractivity contribution >= 4 is 11.6 Å². The number of nitrogens with zero attached hydrogens (tertiary/aromatic N) is 2. The number of rotatable bonds is 10. The highest BCUT2D eigenvalue weighted by molar-refractivity contribution is 5.75. The molecule has 1 amide bonds. The zero-order valence-corrected chi connectivity index (χ0v) is 16.8. The van der Waals surface area contributed by atoms with Crippen LogP contribution in [0.1, 0.15) is 25.0 Å². The first-order valence-corrected chi connectivity index (χ1v) is 9.36. The average molecular weight is 403 g/mol. The van der Waals surface area contributed by atoms with Gasteiger partial charge in [-0.1, -0.05) is 6.07 Å². The maximum Gasteiger partial charge on any atom is 0.286 e. The standard InChI is InChI=1S/C20H25N3O6/c1-4-28-17-7-6-15(11-18(17)29-5-2)8-9-21-19(24)13-22-12-16(23(26)27)10-14(3)20(22)25/h6-7,10-12H,4-5,8-9,13H2,1-3H3,(H,21,24). The first kappa shape index (κ1) is 21.9. The summed E-state index contributed by atoms with van der Waals surface area (Å²) in [6.45, 7) is 6.37. The molecule has 0 aliphatic rings. The normalized spacial score (nSPS) is 10.4. The Morgan fingerprint density at radius 3 is 2.52 bits per heavy atom. The summed E-state index contributed by atoms with van der Waals surface area (Å²) < 4.78 is 12.2. The van der Waals surface area contributed by atoms with Crippen molar-refractivity contribution in [2.24, 2.45) is 0 Å². The summed E-state index contributed by atoms with van der Waals surface area (Å²) in [5.41, 5.74) is 0.511. The monoisotopic (exact) mass is 403 g/mol. The predicted octanol–water partition coefficient (Wildman–Crippen LogP) is 2.22. The molecule has 1 aromatic heterocycles. The van der Waals surface area contributed by atoms with Gasteiger partial charge in [0.15, 0.2) is 11.5 Å². The summed E-state index contributed by atoms with van der Waals surface area (Å²) in [6, 6.07) is 6.79. The van der Waals surface area contributed by atoms with Gasteiger partial charge in [-0.25, -0.2) is 0 Å². The Morgan fingerprint density at radius 2 is 1.86 bits per heavy atom. The van der Waals surface area contributed by atoms with Gasteiger partial charge >= 0.3 is 0 Å². The second-order valence-electron chi connectivity index (χ2n) is 6.32. The van der Waals surface area contributed by atoms with Crippen LogP contribution in [0.2, 0.25) is 0 Å². The van der Waals surface area contributed by atoms with Gasteiger partial charge in [0.2, 0.25) is 5.91 Å². The van der Waals surface area contributed by atoms with E-state index in [1.165, 1.54) is 13.0 Å². The number of aromatic nitrogens is 1. The molecule has 0 saturated carbocycles. The summed E-state index contributed by atoms with van der Waals surface area (Å²) in [7, 11) is 0. The molecule has 29 heavy (non-hydrogen) atoms. The Kier molecular flexibility index (Phi) is 7.76. The second kappa shape index (κ2) is 10.3. The van der Waals surface area contributed by atoms with E-state index >= 15 is 0 Å². The summed E-state index contributed by atoms with van der Waals surface area (Å²) >= 11 is 0. The number of hydrogen-bond donors (Lipinski definition) is 1. The Labute approximate surface area is 168 Å². The lowest BCUT2D eigenvalue weighted by Crippen LogP contribution is -2.34. The lowest BCUT2D eigenvalue weighted by atomic mass is 10.1.